The number of thioether (sulfide) groups is 1. The van der Waals surface area contributed by atoms with Gasteiger partial charge in [-0.25, -0.2) is 4.98 Å². The lowest BCUT2D eigenvalue weighted by molar-refractivity contribution is 0.497. The van der Waals surface area contributed by atoms with Crippen molar-refractivity contribution in [3.63, 3.8) is 0 Å². The van der Waals surface area contributed by atoms with E-state index in [9.17, 15) is 0 Å². The van der Waals surface area contributed by atoms with Crippen molar-refractivity contribution in [1.29, 1.82) is 5.26 Å². The van der Waals surface area contributed by atoms with Gasteiger partial charge in [0.15, 0.2) is 0 Å². The van der Waals surface area contributed by atoms with E-state index in [2.05, 4.69) is 21.3 Å². The Bertz CT molecular complexity index is 635. The Morgan fingerprint density at radius 3 is 2.73 bits per heavy atom. The maximum atomic E-state index is 8.79. The molecule has 0 spiro atoms. The summed E-state index contributed by atoms with van der Waals surface area (Å²) < 4.78 is 0. The largest absolute Gasteiger partial charge is 0.262 e. The molecular weight excluding hydrogens is 292 g/mol. The molecule has 1 aromatic carbocycles. The van der Waals surface area contributed by atoms with Crippen LogP contribution in [0.4, 0.5) is 0 Å². The van der Waals surface area contributed by atoms with Crippen molar-refractivity contribution >= 4 is 11.8 Å². The molecular formula is C17H20N4S. The van der Waals surface area contributed by atoms with E-state index >= 15 is 0 Å². The van der Waals surface area contributed by atoms with Crippen LogP contribution in [0, 0.1) is 17.2 Å². The summed E-state index contributed by atoms with van der Waals surface area (Å²) in [5.41, 5.74) is 1.88. The average Bonchev–Trinajstić information content (AvgIpc) is 3.23. The molecule has 1 fully saturated rings. The van der Waals surface area contributed by atoms with Crippen LogP contribution in [-0.4, -0.2) is 15.2 Å². The van der Waals surface area contributed by atoms with Gasteiger partial charge in [0, 0.05) is 12.2 Å². The van der Waals surface area contributed by atoms with E-state index in [1.807, 2.05) is 24.3 Å². The van der Waals surface area contributed by atoms with Crippen LogP contribution in [0.15, 0.2) is 29.4 Å². The van der Waals surface area contributed by atoms with Gasteiger partial charge in [0.1, 0.15) is 5.82 Å². The van der Waals surface area contributed by atoms with E-state index < -0.39 is 0 Å². The summed E-state index contributed by atoms with van der Waals surface area (Å²) in [4.78, 5) is 4.56. The fraction of sp³-hybridized carbons (Fsp3) is 0.471. The Hall–Kier alpha value is -1.80. The normalized spacial score (nSPS) is 15.0. The molecule has 1 aliphatic carbocycles. The molecule has 0 atom stereocenters. The molecule has 0 bridgehead atoms. The van der Waals surface area contributed by atoms with Crippen LogP contribution in [0.1, 0.15) is 49.1 Å². The number of nitrogens with one attached hydrogen (secondary N) is 1. The number of rotatable bonds is 6. The van der Waals surface area contributed by atoms with E-state index in [0.29, 0.717) is 5.56 Å². The van der Waals surface area contributed by atoms with Crippen LogP contribution >= 0.6 is 11.8 Å². The van der Waals surface area contributed by atoms with Crippen molar-refractivity contribution in [2.24, 2.45) is 5.92 Å². The standard InChI is InChI=1S/C17H20N4S/c18-11-14-5-7-15(8-6-14)12-22-17-19-16(20-21-17)10-9-13-3-1-2-4-13/h5-8,13H,1-4,9-10,12H2,(H,19,20,21). The van der Waals surface area contributed by atoms with Crippen LogP contribution < -0.4 is 0 Å². The lowest BCUT2D eigenvalue weighted by Crippen LogP contribution is -1.97. The van der Waals surface area contributed by atoms with E-state index in [4.69, 9.17) is 5.26 Å². The number of hydrogen-bond donors (Lipinski definition) is 1. The smallest absolute Gasteiger partial charge is 0.208 e. The number of aromatic amines is 1. The second-order valence-corrected chi connectivity index (χ2v) is 6.79. The van der Waals surface area contributed by atoms with Crippen LogP contribution in [0.25, 0.3) is 0 Å². The molecule has 5 heteroatoms. The monoisotopic (exact) mass is 312 g/mol. The quantitative estimate of drug-likeness (QED) is 0.816. The maximum Gasteiger partial charge on any atom is 0.208 e. The third kappa shape index (κ3) is 4.11. The van der Waals surface area contributed by atoms with Crippen molar-refractivity contribution in [1.82, 2.24) is 15.2 Å². The second-order valence-electron chi connectivity index (χ2n) is 5.85. The molecule has 3 rings (SSSR count). The topological polar surface area (TPSA) is 65.4 Å². The van der Waals surface area contributed by atoms with Crippen LogP contribution in [-0.2, 0) is 12.2 Å². The average molecular weight is 312 g/mol. The van der Waals surface area contributed by atoms with Gasteiger partial charge in [0.05, 0.1) is 11.6 Å². The zero-order valence-corrected chi connectivity index (χ0v) is 13.4. The highest BCUT2D eigenvalue weighted by Gasteiger charge is 2.15. The minimum atomic E-state index is 0.695. The summed E-state index contributed by atoms with van der Waals surface area (Å²) >= 11 is 1.63. The number of benzene rings is 1. The summed E-state index contributed by atoms with van der Waals surface area (Å²) in [6.07, 6.45) is 7.80. The molecule has 1 saturated carbocycles. The first-order valence-electron chi connectivity index (χ1n) is 7.86. The molecule has 22 heavy (non-hydrogen) atoms. The third-order valence-electron chi connectivity index (χ3n) is 4.23. The van der Waals surface area contributed by atoms with Gasteiger partial charge in [0.25, 0.3) is 0 Å². The van der Waals surface area contributed by atoms with Crippen molar-refractivity contribution in [3.05, 3.63) is 41.2 Å². The van der Waals surface area contributed by atoms with Crippen molar-refractivity contribution in [2.45, 2.75) is 49.4 Å². The SMILES string of the molecule is N#Cc1ccc(CSc2n[nH]c(CCC3CCCC3)n2)cc1. The molecule has 0 radical (unpaired) electrons. The number of nitriles is 1. The second kappa shape index (κ2) is 7.46. The van der Waals surface area contributed by atoms with Crippen molar-refractivity contribution < 1.29 is 0 Å². The molecule has 0 unspecified atom stereocenters. The van der Waals surface area contributed by atoms with Gasteiger partial charge in [0.2, 0.25) is 5.16 Å². The summed E-state index contributed by atoms with van der Waals surface area (Å²) in [6, 6.07) is 9.80. The minimum absolute atomic E-state index is 0.695. The van der Waals surface area contributed by atoms with Crippen LogP contribution in [0.5, 0.6) is 0 Å². The van der Waals surface area contributed by atoms with Gasteiger partial charge in [-0.1, -0.05) is 49.6 Å². The fourth-order valence-corrected chi connectivity index (χ4v) is 3.69. The lowest BCUT2D eigenvalue weighted by atomic mass is 10.0. The molecule has 1 aromatic heterocycles. The van der Waals surface area contributed by atoms with E-state index in [-0.39, 0.29) is 0 Å². The first kappa shape index (κ1) is 15.1. The van der Waals surface area contributed by atoms with E-state index in [0.717, 1.165) is 29.1 Å². The van der Waals surface area contributed by atoms with Crippen LogP contribution in [0.3, 0.4) is 0 Å². The predicted octanol–water partition coefficient (Wildman–Crippen LogP) is 4.09. The van der Waals surface area contributed by atoms with Gasteiger partial charge in [-0.15, -0.1) is 5.10 Å². The number of nitrogens with zero attached hydrogens (tertiary/aromatic N) is 3. The Labute approximate surface area is 135 Å². The molecule has 0 aliphatic heterocycles. The Morgan fingerprint density at radius 1 is 1.23 bits per heavy atom. The van der Waals surface area contributed by atoms with Gasteiger partial charge < -0.3 is 0 Å². The number of H-pyrrole nitrogens is 1. The summed E-state index contributed by atoms with van der Waals surface area (Å²) in [5.74, 6) is 2.72. The predicted molar refractivity (Wildman–Crippen MR) is 87.4 cm³/mol. The Balaban J connectivity index is 1.47. The molecule has 0 saturated heterocycles. The number of hydrogen-bond acceptors (Lipinski definition) is 4. The zero-order chi connectivity index (χ0) is 15.2. The Morgan fingerprint density at radius 2 is 2.00 bits per heavy atom. The molecule has 1 aliphatic rings. The van der Waals surface area contributed by atoms with Crippen LogP contribution in [0.2, 0.25) is 0 Å². The van der Waals surface area contributed by atoms with Gasteiger partial charge >= 0.3 is 0 Å². The number of aromatic nitrogens is 3. The van der Waals surface area contributed by atoms with Gasteiger partial charge in [-0.05, 0) is 30.0 Å². The lowest BCUT2D eigenvalue weighted by Gasteiger charge is -2.05. The van der Waals surface area contributed by atoms with Gasteiger partial charge in [-0.3, -0.25) is 5.10 Å². The summed E-state index contributed by atoms with van der Waals surface area (Å²) in [6.45, 7) is 0. The molecule has 2 aromatic rings. The highest BCUT2D eigenvalue weighted by molar-refractivity contribution is 7.98. The molecule has 1 N–H and O–H groups in total. The van der Waals surface area contributed by atoms with Crippen molar-refractivity contribution in [3.8, 4) is 6.07 Å². The van der Waals surface area contributed by atoms with Gasteiger partial charge in [-0.2, -0.15) is 5.26 Å². The first-order chi connectivity index (χ1) is 10.8. The van der Waals surface area contributed by atoms with E-state index in [1.165, 1.54) is 37.7 Å². The summed E-state index contributed by atoms with van der Waals surface area (Å²) in [7, 11) is 0. The van der Waals surface area contributed by atoms with E-state index in [1.54, 1.807) is 11.8 Å². The highest BCUT2D eigenvalue weighted by atomic mass is 32.2. The molecule has 0 amide bonds. The molecule has 1 heterocycles. The molecule has 114 valence electrons. The van der Waals surface area contributed by atoms with Crippen molar-refractivity contribution in [2.75, 3.05) is 0 Å². The Kier molecular flexibility index (Phi) is 5.12. The number of aryl methyl sites for hydroxylation is 1. The zero-order valence-electron chi connectivity index (χ0n) is 12.6. The summed E-state index contributed by atoms with van der Waals surface area (Å²) in [5, 5.41) is 16.9. The first-order valence-corrected chi connectivity index (χ1v) is 8.85. The minimum Gasteiger partial charge on any atom is -0.262 e. The highest BCUT2D eigenvalue weighted by Crippen LogP contribution is 2.28. The molecule has 4 nitrogen and oxygen atoms in total. The fourth-order valence-electron chi connectivity index (χ4n) is 2.92. The third-order valence-corrected chi connectivity index (χ3v) is 5.14. The maximum absolute atomic E-state index is 8.79.